The predicted molar refractivity (Wildman–Crippen MR) is 118 cm³/mol. The van der Waals surface area contributed by atoms with Crippen molar-refractivity contribution in [2.24, 2.45) is 0 Å². The molecule has 0 aliphatic heterocycles. The zero-order valence-electron chi connectivity index (χ0n) is 18.9. The maximum atomic E-state index is 13.2. The molecule has 2 N–H and O–H groups in total. The van der Waals surface area contributed by atoms with E-state index in [0.29, 0.717) is 35.2 Å². The maximum absolute atomic E-state index is 13.2. The Hall–Kier alpha value is -4.56. The number of hydrogen-bond donors (Lipinski definition) is 2. The monoisotopic (exact) mass is 535 g/mol. The number of rotatable bonds is 6. The summed E-state index contributed by atoms with van der Waals surface area (Å²) in [6, 6.07) is 9.72. The first kappa shape index (κ1) is 25.1. The Morgan fingerprint density at radius 1 is 0.947 bits per heavy atom. The van der Waals surface area contributed by atoms with E-state index >= 15 is 0 Å². The summed E-state index contributed by atoms with van der Waals surface area (Å²) in [5, 5.41) is 16.3. The zero-order valence-corrected chi connectivity index (χ0v) is 18.9. The third kappa shape index (κ3) is 5.12. The van der Waals surface area contributed by atoms with E-state index in [1.54, 1.807) is 6.07 Å². The summed E-state index contributed by atoms with van der Waals surface area (Å²) < 4.78 is 79.8. The molecule has 15 heteroatoms. The highest BCUT2D eigenvalue weighted by Crippen LogP contribution is 2.49. The van der Waals surface area contributed by atoms with E-state index in [9.17, 15) is 31.1 Å². The molecule has 196 valence electrons. The molecule has 1 aliphatic rings. The van der Waals surface area contributed by atoms with Crippen LogP contribution in [0.4, 0.5) is 32.0 Å². The van der Waals surface area contributed by atoms with Gasteiger partial charge in [0.1, 0.15) is 5.75 Å². The lowest BCUT2D eigenvalue weighted by atomic mass is 9.94. The van der Waals surface area contributed by atoms with E-state index in [1.807, 2.05) is 0 Å². The average Bonchev–Trinajstić information content (AvgIpc) is 3.49. The summed E-state index contributed by atoms with van der Waals surface area (Å²) in [4.78, 5) is 20.0. The van der Waals surface area contributed by atoms with Crippen molar-refractivity contribution in [1.29, 1.82) is 0 Å². The van der Waals surface area contributed by atoms with Gasteiger partial charge in [0.2, 0.25) is 11.7 Å². The largest absolute Gasteiger partial charge is 0.573 e. The van der Waals surface area contributed by atoms with Gasteiger partial charge in [-0.05, 0) is 58.7 Å². The third-order valence-electron chi connectivity index (χ3n) is 5.92. The Morgan fingerprint density at radius 2 is 1.63 bits per heavy atom. The highest BCUT2D eigenvalue weighted by atomic mass is 19.4. The summed E-state index contributed by atoms with van der Waals surface area (Å²) >= 11 is 0. The molecule has 0 atom stereocenters. The van der Waals surface area contributed by atoms with E-state index in [2.05, 4.69) is 40.6 Å². The standard InChI is InChI=1S/C23H15F6N7O2/c24-22(25,26)19-30-10-12(11-31-19)16-6-3-14(9-17(16)18-33-35-36-34-18)32-20(37)21(7-8-21)13-1-4-15(5-2-13)38-23(27,28)29/h1-6,9-11H,7-8H2,(H,32,37)(H,33,34,35,36). The number of H-pyrrole nitrogens is 1. The summed E-state index contributed by atoms with van der Waals surface area (Å²) in [5.41, 5.74) is 0.947. The normalized spacial score (nSPS) is 14.7. The predicted octanol–water partition coefficient (Wildman–Crippen LogP) is 4.91. The van der Waals surface area contributed by atoms with Gasteiger partial charge < -0.3 is 10.1 Å². The fourth-order valence-electron chi connectivity index (χ4n) is 3.95. The van der Waals surface area contributed by atoms with Crippen LogP contribution >= 0.6 is 0 Å². The molecule has 0 radical (unpaired) electrons. The molecule has 0 bridgehead atoms. The molecule has 2 heterocycles. The number of hydrogen-bond acceptors (Lipinski definition) is 7. The molecule has 1 saturated carbocycles. The number of aromatic amines is 1. The molecule has 1 amide bonds. The average molecular weight is 535 g/mol. The van der Waals surface area contributed by atoms with Gasteiger partial charge in [-0.1, -0.05) is 18.2 Å². The summed E-state index contributed by atoms with van der Waals surface area (Å²) in [6.45, 7) is 0. The number of aromatic nitrogens is 6. The van der Waals surface area contributed by atoms with Crippen LogP contribution in [0.3, 0.4) is 0 Å². The van der Waals surface area contributed by atoms with Crippen LogP contribution in [0.15, 0.2) is 54.9 Å². The summed E-state index contributed by atoms with van der Waals surface area (Å²) in [7, 11) is 0. The number of carbonyl (C=O) groups excluding carboxylic acids is 1. The van der Waals surface area contributed by atoms with Gasteiger partial charge in [-0.25, -0.2) is 15.1 Å². The molecule has 0 spiro atoms. The highest BCUT2D eigenvalue weighted by Gasteiger charge is 2.51. The van der Waals surface area contributed by atoms with Crippen LogP contribution in [0, 0.1) is 0 Å². The molecular weight excluding hydrogens is 520 g/mol. The van der Waals surface area contributed by atoms with Crippen LogP contribution < -0.4 is 10.1 Å². The minimum absolute atomic E-state index is 0.178. The molecule has 4 aromatic rings. The molecule has 2 aromatic carbocycles. The minimum Gasteiger partial charge on any atom is -0.406 e. The minimum atomic E-state index is -4.83. The molecular formula is C23H15F6N7O2. The molecule has 38 heavy (non-hydrogen) atoms. The fraction of sp³-hybridized carbons (Fsp3) is 0.217. The van der Waals surface area contributed by atoms with Gasteiger partial charge >= 0.3 is 12.5 Å². The number of alkyl halides is 6. The maximum Gasteiger partial charge on any atom is 0.573 e. The van der Waals surface area contributed by atoms with Crippen LogP contribution in [-0.2, 0) is 16.4 Å². The van der Waals surface area contributed by atoms with Crippen molar-refractivity contribution < 1.29 is 35.9 Å². The van der Waals surface area contributed by atoms with Crippen LogP contribution in [0.5, 0.6) is 5.75 Å². The van der Waals surface area contributed by atoms with Crippen molar-refractivity contribution in [3.63, 3.8) is 0 Å². The molecule has 2 aromatic heterocycles. The lowest BCUT2D eigenvalue weighted by molar-refractivity contribution is -0.274. The number of benzene rings is 2. The smallest absolute Gasteiger partial charge is 0.406 e. The van der Waals surface area contributed by atoms with Gasteiger partial charge in [0, 0.05) is 29.2 Å². The van der Waals surface area contributed by atoms with E-state index in [4.69, 9.17) is 0 Å². The number of carbonyl (C=O) groups is 1. The van der Waals surface area contributed by atoms with Crippen molar-refractivity contribution in [2.45, 2.75) is 30.8 Å². The van der Waals surface area contributed by atoms with Crippen LogP contribution in [0.2, 0.25) is 0 Å². The molecule has 0 unspecified atom stereocenters. The molecule has 5 rings (SSSR count). The highest BCUT2D eigenvalue weighted by molar-refractivity contribution is 6.02. The zero-order chi connectivity index (χ0) is 27.1. The van der Waals surface area contributed by atoms with Crippen molar-refractivity contribution >= 4 is 11.6 Å². The SMILES string of the molecule is O=C(Nc1ccc(-c2cnc(C(F)(F)F)nc2)c(-c2nnn[nH]2)c1)C1(c2ccc(OC(F)(F)F)cc2)CC1. The van der Waals surface area contributed by atoms with Crippen molar-refractivity contribution in [2.75, 3.05) is 5.32 Å². The molecule has 0 saturated heterocycles. The molecule has 1 fully saturated rings. The first-order chi connectivity index (χ1) is 17.9. The van der Waals surface area contributed by atoms with E-state index in [0.717, 1.165) is 24.5 Å². The van der Waals surface area contributed by atoms with Crippen molar-refractivity contribution in [1.82, 2.24) is 30.6 Å². The number of nitrogens with one attached hydrogen (secondary N) is 2. The second kappa shape index (κ2) is 9.08. The Kier molecular flexibility index (Phi) is 6.00. The van der Waals surface area contributed by atoms with Gasteiger partial charge in [-0.2, -0.15) is 13.2 Å². The number of ether oxygens (including phenoxy) is 1. The number of halogens is 6. The lowest BCUT2D eigenvalue weighted by Gasteiger charge is -2.18. The first-order valence-corrected chi connectivity index (χ1v) is 10.9. The van der Waals surface area contributed by atoms with E-state index < -0.39 is 29.5 Å². The van der Waals surface area contributed by atoms with Gasteiger partial charge in [-0.3, -0.25) is 4.79 Å². The first-order valence-electron chi connectivity index (χ1n) is 10.9. The Labute approximate surface area is 209 Å². The summed E-state index contributed by atoms with van der Waals surface area (Å²) in [5.74, 6) is -1.89. The van der Waals surface area contributed by atoms with E-state index in [1.165, 1.54) is 24.3 Å². The Bertz CT molecular complexity index is 1450. The van der Waals surface area contributed by atoms with Crippen molar-refractivity contribution in [3.05, 3.63) is 66.2 Å². The van der Waals surface area contributed by atoms with Gasteiger partial charge in [0.25, 0.3) is 0 Å². The van der Waals surface area contributed by atoms with Crippen molar-refractivity contribution in [3.8, 4) is 28.3 Å². The number of amides is 1. The van der Waals surface area contributed by atoms with Crippen LogP contribution in [0.1, 0.15) is 24.2 Å². The molecule has 1 aliphatic carbocycles. The third-order valence-corrected chi connectivity index (χ3v) is 5.92. The van der Waals surface area contributed by atoms with Gasteiger partial charge in [-0.15, -0.1) is 18.3 Å². The second-order valence-electron chi connectivity index (χ2n) is 8.41. The lowest BCUT2D eigenvalue weighted by Crippen LogP contribution is -2.27. The second-order valence-corrected chi connectivity index (χ2v) is 8.41. The summed E-state index contributed by atoms with van der Waals surface area (Å²) in [6.07, 6.45) is -6.53. The number of anilines is 1. The topological polar surface area (TPSA) is 119 Å². The van der Waals surface area contributed by atoms with E-state index in [-0.39, 0.29) is 17.3 Å². The van der Waals surface area contributed by atoms with Crippen LogP contribution in [0.25, 0.3) is 22.5 Å². The van der Waals surface area contributed by atoms with Gasteiger partial charge in [0.05, 0.1) is 5.41 Å². The Balaban J connectivity index is 1.40. The molecule has 9 nitrogen and oxygen atoms in total. The Morgan fingerprint density at radius 3 is 2.18 bits per heavy atom. The van der Waals surface area contributed by atoms with Gasteiger partial charge in [0.15, 0.2) is 5.82 Å². The quantitative estimate of drug-likeness (QED) is 0.337. The van der Waals surface area contributed by atoms with Crippen LogP contribution in [-0.4, -0.2) is 42.9 Å². The number of nitrogens with zero attached hydrogens (tertiary/aromatic N) is 5. The fourth-order valence-corrected chi connectivity index (χ4v) is 3.95. The number of tetrazole rings is 1.